The lowest BCUT2D eigenvalue weighted by atomic mass is 9.88. The maximum atomic E-state index is 12.4. The monoisotopic (exact) mass is 423 g/mol. The predicted octanol–water partition coefficient (Wildman–Crippen LogP) is 2.65. The maximum Gasteiger partial charge on any atom is 0.341 e. The second kappa shape index (κ2) is 10.8. The Labute approximate surface area is 173 Å². The Morgan fingerprint density at radius 1 is 1.07 bits per heavy atom. The summed E-state index contributed by atoms with van der Waals surface area (Å²) >= 11 is 1.35. The molecule has 0 aliphatic heterocycles. The number of esters is 3. The third-order valence-corrected chi connectivity index (χ3v) is 5.40. The van der Waals surface area contributed by atoms with Crippen LogP contribution in [0.3, 0.4) is 0 Å². The van der Waals surface area contributed by atoms with Gasteiger partial charge in [0.2, 0.25) is 0 Å². The van der Waals surface area contributed by atoms with E-state index in [0.717, 1.165) is 41.9 Å². The van der Waals surface area contributed by atoms with E-state index in [1.165, 1.54) is 11.3 Å². The number of carbonyl (C=O) groups excluding carboxylic acids is 4. The van der Waals surface area contributed by atoms with Gasteiger partial charge >= 0.3 is 17.9 Å². The molecule has 9 heteroatoms. The van der Waals surface area contributed by atoms with Crippen LogP contribution in [0.5, 0.6) is 0 Å². The number of fused-ring (bicyclic) bond motifs is 1. The van der Waals surface area contributed by atoms with E-state index in [2.05, 4.69) is 17.0 Å². The SMILES string of the molecule is CCOC(=O)/C=C/C(=O)OCC(=O)Nc1sc2c(c1C(=O)OCC)CC[C@@H](C)C2. The molecule has 0 saturated carbocycles. The Morgan fingerprint density at radius 3 is 2.38 bits per heavy atom. The normalized spacial score (nSPS) is 15.5. The lowest BCUT2D eigenvalue weighted by Gasteiger charge is -2.18. The van der Waals surface area contributed by atoms with Crippen LogP contribution >= 0.6 is 11.3 Å². The van der Waals surface area contributed by atoms with Gasteiger partial charge in [-0.05, 0) is 44.6 Å². The molecule has 0 saturated heterocycles. The average molecular weight is 423 g/mol. The fourth-order valence-corrected chi connectivity index (χ4v) is 4.35. The Balaban J connectivity index is 2.03. The minimum absolute atomic E-state index is 0.187. The first kappa shape index (κ1) is 22.6. The number of thiophene rings is 1. The van der Waals surface area contributed by atoms with Crippen LogP contribution in [0.15, 0.2) is 12.2 Å². The minimum Gasteiger partial charge on any atom is -0.463 e. The second-order valence-corrected chi connectivity index (χ2v) is 7.62. The molecule has 1 aliphatic carbocycles. The molecule has 1 heterocycles. The molecule has 0 bridgehead atoms. The van der Waals surface area contributed by atoms with Crippen LogP contribution in [-0.2, 0) is 41.4 Å². The molecular formula is C20H25NO7S. The van der Waals surface area contributed by atoms with Crippen molar-refractivity contribution in [3.8, 4) is 0 Å². The molecule has 1 amide bonds. The highest BCUT2D eigenvalue weighted by molar-refractivity contribution is 7.17. The van der Waals surface area contributed by atoms with Gasteiger partial charge in [0.25, 0.3) is 5.91 Å². The molecular weight excluding hydrogens is 398 g/mol. The standard InChI is InChI=1S/C20H25NO7S/c1-4-26-16(23)8-9-17(24)28-11-15(22)21-19-18(20(25)27-5-2)13-7-6-12(3)10-14(13)29-19/h8-9,12H,4-7,10-11H2,1-3H3,(H,21,22)/b9-8+/t12-/m1/s1. The van der Waals surface area contributed by atoms with E-state index in [9.17, 15) is 19.2 Å². The number of rotatable bonds is 8. The zero-order valence-corrected chi connectivity index (χ0v) is 17.6. The highest BCUT2D eigenvalue weighted by Crippen LogP contribution is 2.40. The zero-order chi connectivity index (χ0) is 21.4. The van der Waals surface area contributed by atoms with Crippen LogP contribution in [-0.4, -0.2) is 43.6 Å². The van der Waals surface area contributed by atoms with Gasteiger partial charge in [-0.2, -0.15) is 0 Å². The lowest BCUT2D eigenvalue weighted by molar-refractivity contribution is -0.143. The first-order valence-electron chi connectivity index (χ1n) is 9.48. The van der Waals surface area contributed by atoms with E-state index in [4.69, 9.17) is 9.47 Å². The van der Waals surface area contributed by atoms with Crippen LogP contribution < -0.4 is 5.32 Å². The van der Waals surface area contributed by atoms with Crippen molar-refractivity contribution in [3.63, 3.8) is 0 Å². The molecule has 1 atom stereocenters. The molecule has 8 nitrogen and oxygen atoms in total. The van der Waals surface area contributed by atoms with Gasteiger partial charge in [0.15, 0.2) is 6.61 Å². The molecule has 0 aromatic carbocycles. The maximum absolute atomic E-state index is 12.4. The average Bonchev–Trinajstić information content (AvgIpc) is 3.01. The van der Waals surface area contributed by atoms with Gasteiger partial charge < -0.3 is 19.5 Å². The second-order valence-electron chi connectivity index (χ2n) is 6.52. The third-order valence-electron chi connectivity index (χ3n) is 4.23. The third kappa shape index (κ3) is 6.42. The lowest BCUT2D eigenvalue weighted by Crippen LogP contribution is -2.21. The van der Waals surface area contributed by atoms with E-state index in [1.807, 2.05) is 0 Å². The number of hydrogen-bond donors (Lipinski definition) is 1. The van der Waals surface area contributed by atoms with Crippen LogP contribution in [0.1, 0.15) is 48.0 Å². The quantitative estimate of drug-likeness (QED) is 0.389. The number of ether oxygens (including phenoxy) is 3. The molecule has 0 fully saturated rings. The molecule has 1 aliphatic rings. The number of carbonyl (C=O) groups is 4. The first-order valence-corrected chi connectivity index (χ1v) is 10.3. The summed E-state index contributed by atoms with van der Waals surface area (Å²) in [5.41, 5.74) is 1.32. The van der Waals surface area contributed by atoms with Crippen molar-refractivity contribution in [2.24, 2.45) is 5.92 Å². The molecule has 2 rings (SSSR count). The van der Waals surface area contributed by atoms with Crippen molar-refractivity contribution in [1.82, 2.24) is 0 Å². The van der Waals surface area contributed by atoms with E-state index in [-0.39, 0.29) is 13.2 Å². The fraction of sp³-hybridized carbons (Fsp3) is 0.500. The Hall–Kier alpha value is -2.68. The van der Waals surface area contributed by atoms with Gasteiger partial charge in [-0.1, -0.05) is 6.92 Å². The molecule has 0 spiro atoms. The summed E-state index contributed by atoms with van der Waals surface area (Å²) in [6, 6.07) is 0. The molecule has 29 heavy (non-hydrogen) atoms. The molecule has 1 N–H and O–H groups in total. The van der Waals surface area contributed by atoms with Crippen molar-refractivity contribution < 1.29 is 33.4 Å². The van der Waals surface area contributed by atoms with Crippen LogP contribution in [0.4, 0.5) is 5.00 Å². The van der Waals surface area contributed by atoms with Gasteiger partial charge in [-0.25, -0.2) is 14.4 Å². The Morgan fingerprint density at radius 2 is 1.72 bits per heavy atom. The summed E-state index contributed by atoms with van der Waals surface area (Å²) in [6.45, 7) is 5.38. The van der Waals surface area contributed by atoms with Crippen molar-refractivity contribution in [3.05, 3.63) is 28.2 Å². The summed E-state index contributed by atoms with van der Waals surface area (Å²) in [5.74, 6) is -2.07. The van der Waals surface area contributed by atoms with Gasteiger partial charge in [0.1, 0.15) is 5.00 Å². The topological polar surface area (TPSA) is 108 Å². The van der Waals surface area contributed by atoms with E-state index in [1.54, 1.807) is 13.8 Å². The zero-order valence-electron chi connectivity index (χ0n) is 16.7. The molecule has 1 aromatic rings. The summed E-state index contributed by atoms with van der Waals surface area (Å²) in [4.78, 5) is 48.5. The highest BCUT2D eigenvalue weighted by Gasteiger charge is 2.29. The van der Waals surface area contributed by atoms with E-state index < -0.39 is 30.4 Å². The van der Waals surface area contributed by atoms with Crippen molar-refractivity contribution in [2.45, 2.75) is 40.0 Å². The van der Waals surface area contributed by atoms with Gasteiger partial charge in [0.05, 0.1) is 18.8 Å². The van der Waals surface area contributed by atoms with Crippen LogP contribution in [0, 0.1) is 5.92 Å². The summed E-state index contributed by atoms with van der Waals surface area (Å²) in [7, 11) is 0. The minimum atomic E-state index is -0.849. The van der Waals surface area contributed by atoms with Crippen LogP contribution in [0.25, 0.3) is 0 Å². The Kier molecular flexibility index (Phi) is 8.38. The van der Waals surface area contributed by atoms with E-state index in [0.29, 0.717) is 16.5 Å². The van der Waals surface area contributed by atoms with Crippen molar-refractivity contribution >= 4 is 40.2 Å². The first-order chi connectivity index (χ1) is 13.8. The van der Waals surface area contributed by atoms with Gasteiger partial charge in [0, 0.05) is 17.0 Å². The smallest absolute Gasteiger partial charge is 0.341 e. The largest absolute Gasteiger partial charge is 0.463 e. The van der Waals surface area contributed by atoms with Crippen LogP contribution in [0.2, 0.25) is 0 Å². The summed E-state index contributed by atoms with van der Waals surface area (Å²) in [5, 5.41) is 3.06. The van der Waals surface area contributed by atoms with E-state index >= 15 is 0 Å². The number of hydrogen-bond acceptors (Lipinski definition) is 8. The predicted molar refractivity (Wildman–Crippen MR) is 107 cm³/mol. The number of amides is 1. The number of anilines is 1. The summed E-state index contributed by atoms with van der Waals surface area (Å²) in [6.07, 6.45) is 4.38. The molecule has 0 unspecified atom stereocenters. The van der Waals surface area contributed by atoms with Gasteiger partial charge in [-0.15, -0.1) is 11.3 Å². The summed E-state index contributed by atoms with van der Waals surface area (Å²) < 4.78 is 14.6. The Bertz CT molecular complexity index is 812. The fourth-order valence-electron chi connectivity index (χ4n) is 2.93. The highest BCUT2D eigenvalue weighted by atomic mass is 32.1. The van der Waals surface area contributed by atoms with Gasteiger partial charge in [-0.3, -0.25) is 4.79 Å². The molecule has 1 aromatic heterocycles. The van der Waals surface area contributed by atoms with Crippen molar-refractivity contribution in [2.75, 3.05) is 25.1 Å². The van der Waals surface area contributed by atoms with Crippen molar-refractivity contribution in [1.29, 1.82) is 0 Å². The molecule has 0 radical (unpaired) electrons. The molecule has 158 valence electrons. The number of nitrogens with one attached hydrogen (secondary N) is 1.